The second-order valence-electron chi connectivity index (χ2n) is 6.58. The van der Waals surface area contributed by atoms with Gasteiger partial charge >= 0.3 is 0 Å². The van der Waals surface area contributed by atoms with Crippen molar-refractivity contribution in [3.8, 4) is 16.9 Å². The third-order valence-electron chi connectivity index (χ3n) is 4.42. The molecule has 1 heterocycles. The van der Waals surface area contributed by atoms with E-state index in [1.807, 2.05) is 13.8 Å². The van der Waals surface area contributed by atoms with Crippen LogP contribution in [0.15, 0.2) is 54.6 Å². The van der Waals surface area contributed by atoms with Crippen LogP contribution in [0.1, 0.15) is 37.2 Å². The zero-order valence-electron chi connectivity index (χ0n) is 16.0. The Morgan fingerprint density at radius 1 is 1.00 bits per heavy atom. The Kier molecular flexibility index (Phi) is 6.19. The minimum Gasteiger partial charge on any atom is -0.337 e. The maximum absolute atomic E-state index is 14.3. The van der Waals surface area contributed by atoms with E-state index in [-0.39, 0.29) is 11.7 Å². The van der Waals surface area contributed by atoms with Crippen LogP contribution in [0, 0.1) is 11.6 Å². The van der Waals surface area contributed by atoms with E-state index in [9.17, 15) is 13.6 Å². The molecule has 0 aliphatic heterocycles. The van der Waals surface area contributed by atoms with Gasteiger partial charge in [-0.15, -0.1) is 0 Å². The quantitative estimate of drug-likeness (QED) is 0.571. The van der Waals surface area contributed by atoms with E-state index in [0.29, 0.717) is 35.7 Å². The summed E-state index contributed by atoms with van der Waals surface area (Å²) in [6, 6.07) is 13.6. The van der Waals surface area contributed by atoms with Gasteiger partial charge in [-0.25, -0.2) is 13.5 Å². The van der Waals surface area contributed by atoms with Gasteiger partial charge in [0.2, 0.25) is 0 Å². The molecule has 3 aromatic rings. The van der Waals surface area contributed by atoms with E-state index in [4.69, 9.17) is 0 Å². The number of benzene rings is 2. The number of aromatic nitrogens is 2. The van der Waals surface area contributed by atoms with Crippen LogP contribution in [0.4, 0.5) is 8.78 Å². The lowest BCUT2D eigenvalue weighted by Gasteiger charge is -2.21. The fourth-order valence-corrected chi connectivity index (χ4v) is 3.13. The predicted octanol–water partition coefficient (Wildman–Crippen LogP) is 5.08. The Balaban J connectivity index is 2.12. The molecule has 2 aromatic carbocycles. The number of carbonyl (C=O) groups is 1. The van der Waals surface area contributed by atoms with Gasteiger partial charge in [0.25, 0.3) is 5.91 Å². The first-order chi connectivity index (χ1) is 13.5. The van der Waals surface area contributed by atoms with E-state index in [1.165, 1.54) is 22.9 Å². The van der Waals surface area contributed by atoms with Crippen molar-refractivity contribution < 1.29 is 13.6 Å². The van der Waals surface area contributed by atoms with Crippen LogP contribution in [0.5, 0.6) is 0 Å². The number of nitrogens with zero attached hydrogens (tertiary/aromatic N) is 3. The molecule has 0 atom stereocenters. The highest BCUT2D eigenvalue weighted by molar-refractivity contribution is 5.94. The van der Waals surface area contributed by atoms with E-state index >= 15 is 0 Å². The van der Waals surface area contributed by atoms with Crippen molar-refractivity contribution in [2.45, 2.75) is 26.7 Å². The summed E-state index contributed by atoms with van der Waals surface area (Å²) in [5, 5.41) is 4.47. The summed E-state index contributed by atoms with van der Waals surface area (Å²) in [6.07, 6.45) is 1.66. The van der Waals surface area contributed by atoms with Crippen molar-refractivity contribution in [2.24, 2.45) is 0 Å². The van der Waals surface area contributed by atoms with Crippen molar-refractivity contribution in [3.05, 3.63) is 71.9 Å². The molecule has 0 spiro atoms. The highest BCUT2D eigenvalue weighted by atomic mass is 19.1. The number of rotatable bonds is 7. The summed E-state index contributed by atoms with van der Waals surface area (Å²) < 4.78 is 29.1. The van der Waals surface area contributed by atoms with Gasteiger partial charge in [-0.3, -0.25) is 4.79 Å². The number of hydrogen-bond acceptors (Lipinski definition) is 2. The molecule has 0 saturated carbocycles. The smallest absolute Gasteiger partial charge is 0.272 e. The second kappa shape index (κ2) is 8.78. The highest BCUT2D eigenvalue weighted by Crippen LogP contribution is 2.25. The van der Waals surface area contributed by atoms with Crippen LogP contribution in [0.3, 0.4) is 0 Å². The van der Waals surface area contributed by atoms with Gasteiger partial charge < -0.3 is 4.90 Å². The second-order valence-corrected chi connectivity index (χ2v) is 6.58. The van der Waals surface area contributed by atoms with Gasteiger partial charge in [0, 0.05) is 18.7 Å². The zero-order valence-corrected chi connectivity index (χ0v) is 16.0. The molecule has 0 bridgehead atoms. The summed E-state index contributed by atoms with van der Waals surface area (Å²) in [4.78, 5) is 15.0. The summed E-state index contributed by atoms with van der Waals surface area (Å²) in [6.45, 7) is 5.27. The van der Waals surface area contributed by atoms with E-state index in [2.05, 4.69) is 5.10 Å². The van der Waals surface area contributed by atoms with Crippen LogP contribution in [0.25, 0.3) is 16.9 Å². The van der Waals surface area contributed by atoms with Gasteiger partial charge in [0.1, 0.15) is 17.3 Å². The third-order valence-corrected chi connectivity index (χ3v) is 4.42. The maximum atomic E-state index is 14.3. The molecule has 0 unspecified atom stereocenters. The lowest BCUT2D eigenvalue weighted by atomic mass is 10.1. The topological polar surface area (TPSA) is 38.1 Å². The van der Waals surface area contributed by atoms with Crippen molar-refractivity contribution in [3.63, 3.8) is 0 Å². The zero-order chi connectivity index (χ0) is 20.1. The van der Waals surface area contributed by atoms with Crippen molar-refractivity contribution in [1.29, 1.82) is 0 Å². The average molecular weight is 383 g/mol. The lowest BCUT2D eigenvalue weighted by molar-refractivity contribution is 0.0746. The Hall–Kier alpha value is -3.02. The van der Waals surface area contributed by atoms with Gasteiger partial charge in [0.15, 0.2) is 0 Å². The first kappa shape index (κ1) is 19.7. The Morgan fingerprint density at radius 3 is 2.25 bits per heavy atom. The molecule has 0 fully saturated rings. The van der Waals surface area contributed by atoms with E-state index in [1.54, 1.807) is 41.3 Å². The molecule has 1 aromatic heterocycles. The van der Waals surface area contributed by atoms with Crippen LogP contribution < -0.4 is 0 Å². The summed E-state index contributed by atoms with van der Waals surface area (Å²) in [5.41, 5.74) is 1.54. The SMILES string of the molecule is CCCN(CCC)C(=O)c1cc(-c2ccccc2F)nn1-c1ccc(F)cc1. The molecule has 146 valence electrons. The molecule has 1 amide bonds. The van der Waals surface area contributed by atoms with Gasteiger partial charge in [-0.1, -0.05) is 26.0 Å². The third kappa shape index (κ3) is 4.11. The van der Waals surface area contributed by atoms with Crippen LogP contribution in [-0.2, 0) is 0 Å². The first-order valence-electron chi connectivity index (χ1n) is 9.45. The maximum Gasteiger partial charge on any atom is 0.272 e. The molecule has 6 heteroatoms. The Bertz CT molecular complexity index is 945. The van der Waals surface area contributed by atoms with Gasteiger partial charge in [-0.2, -0.15) is 5.10 Å². The molecule has 4 nitrogen and oxygen atoms in total. The first-order valence-corrected chi connectivity index (χ1v) is 9.45. The fourth-order valence-electron chi connectivity index (χ4n) is 3.13. The number of amides is 1. The van der Waals surface area contributed by atoms with Crippen LogP contribution in [-0.4, -0.2) is 33.7 Å². The molecule has 28 heavy (non-hydrogen) atoms. The number of halogens is 2. The van der Waals surface area contributed by atoms with Crippen molar-refractivity contribution in [2.75, 3.05) is 13.1 Å². The standard InChI is InChI=1S/C22H23F2N3O/c1-3-13-26(14-4-2)22(28)21-15-20(18-7-5-6-8-19(18)24)25-27(21)17-11-9-16(23)10-12-17/h5-12,15H,3-4,13-14H2,1-2H3. The van der Waals surface area contributed by atoms with Crippen LogP contribution >= 0.6 is 0 Å². The van der Waals surface area contributed by atoms with Crippen molar-refractivity contribution in [1.82, 2.24) is 14.7 Å². The molecule has 0 N–H and O–H groups in total. The molecular weight excluding hydrogens is 360 g/mol. The lowest BCUT2D eigenvalue weighted by Crippen LogP contribution is -2.33. The molecule has 0 radical (unpaired) electrons. The predicted molar refractivity (Wildman–Crippen MR) is 105 cm³/mol. The van der Waals surface area contributed by atoms with Gasteiger partial charge in [0.05, 0.1) is 11.4 Å². The Morgan fingerprint density at radius 2 is 1.64 bits per heavy atom. The van der Waals surface area contributed by atoms with Crippen LogP contribution in [0.2, 0.25) is 0 Å². The van der Waals surface area contributed by atoms with Gasteiger partial charge in [-0.05, 0) is 55.3 Å². The van der Waals surface area contributed by atoms with Crippen molar-refractivity contribution >= 4 is 5.91 Å². The molecule has 0 aliphatic rings. The molecule has 0 saturated heterocycles. The summed E-state index contributed by atoms with van der Waals surface area (Å²) >= 11 is 0. The van der Waals surface area contributed by atoms with E-state index in [0.717, 1.165) is 12.8 Å². The minimum absolute atomic E-state index is 0.178. The summed E-state index contributed by atoms with van der Waals surface area (Å²) in [5.74, 6) is -0.968. The molecule has 0 aliphatic carbocycles. The van der Waals surface area contributed by atoms with E-state index < -0.39 is 5.82 Å². The molecular formula is C22H23F2N3O. The largest absolute Gasteiger partial charge is 0.337 e. The molecule has 3 rings (SSSR count). The fraction of sp³-hybridized carbons (Fsp3) is 0.273. The minimum atomic E-state index is -0.413. The normalized spacial score (nSPS) is 10.9. The monoisotopic (exact) mass is 383 g/mol. The highest BCUT2D eigenvalue weighted by Gasteiger charge is 2.23. The number of carbonyl (C=O) groups excluding carboxylic acids is 1. The summed E-state index contributed by atoms with van der Waals surface area (Å²) in [7, 11) is 0. The Labute approximate surface area is 163 Å². The number of hydrogen-bond donors (Lipinski definition) is 0. The average Bonchev–Trinajstić information content (AvgIpc) is 3.13.